The Morgan fingerprint density at radius 2 is 2.06 bits per heavy atom. The van der Waals surface area contributed by atoms with Gasteiger partial charge in [0.1, 0.15) is 0 Å². The fraction of sp³-hybridized carbons (Fsp3) is 0. The van der Waals surface area contributed by atoms with Crippen molar-refractivity contribution in [3.05, 3.63) is 56.7 Å². The molecule has 0 saturated heterocycles. The number of rotatable bonds is 3. The first-order valence-corrected chi connectivity index (χ1v) is 6.55. The summed E-state index contributed by atoms with van der Waals surface area (Å²) in [4.78, 5) is 12.6. The summed E-state index contributed by atoms with van der Waals surface area (Å²) in [5.41, 5.74) is 3.06. The molecule has 1 amide bonds. The number of benzene rings is 1. The lowest BCUT2D eigenvalue weighted by Gasteiger charge is -1.99. The molecule has 0 aliphatic carbocycles. The molecule has 1 aromatic heterocycles. The molecule has 0 atom stereocenters. The molecule has 1 heterocycles. The summed E-state index contributed by atoms with van der Waals surface area (Å²) in [6.45, 7) is 0. The van der Waals surface area contributed by atoms with Gasteiger partial charge in [-0.1, -0.05) is 22.0 Å². The van der Waals surface area contributed by atoms with E-state index in [4.69, 9.17) is 0 Å². The molecule has 0 saturated carbocycles. The van der Waals surface area contributed by atoms with Crippen LogP contribution >= 0.6 is 27.3 Å². The zero-order chi connectivity index (χ0) is 12.1. The van der Waals surface area contributed by atoms with Gasteiger partial charge in [-0.3, -0.25) is 4.79 Å². The highest BCUT2D eigenvalue weighted by molar-refractivity contribution is 9.10. The molecule has 17 heavy (non-hydrogen) atoms. The highest BCUT2D eigenvalue weighted by Gasteiger charge is 2.02. The van der Waals surface area contributed by atoms with Gasteiger partial charge in [-0.15, -0.1) is 11.3 Å². The minimum atomic E-state index is -0.217. The van der Waals surface area contributed by atoms with E-state index in [9.17, 15) is 4.79 Å². The smallest absolute Gasteiger partial charge is 0.267 e. The van der Waals surface area contributed by atoms with Crippen molar-refractivity contribution in [1.29, 1.82) is 0 Å². The molecule has 2 rings (SSSR count). The van der Waals surface area contributed by atoms with Crippen molar-refractivity contribution in [2.24, 2.45) is 5.10 Å². The summed E-state index contributed by atoms with van der Waals surface area (Å²) in [5.74, 6) is -0.217. The quantitative estimate of drug-likeness (QED) is 0.686. The van der Waals surface area contributed by atoms with E-state index in [1.165, 1.54) is 0 Å². The summed E-state index contributed by atoms with van der Waals surface area (Å²) in [6.07, 6.45) is 1.63. The largest absolute Gasteiger partial charge is 0.271 e. The van der Waals surface area contributed by atoms with Crippen molar-refractivity contribution in [2.45, 2.75) is 0 Å². The number of amides is 1. The minimum Gasteiger partial charge on any atom is -0.267 e. The first-order chi connectivity index (χ1) is 8.25. The van der Waals surface area contributed by atoms with E-state index < -0.39 is 0 Å². The van der Waals surface area contributed by atoms with Crippen molar-refractivity contribution in [3.8, 4) is 0 Å². The summed E-state index contributed by atoms with van der Waals surface area (Å²) < 4.78 is 0.941. The Kier molecular flexibility index (Phi) is 4.06. The van der Waals surface area contributed by atoms with Crippen molar-refractivity contribution >= 4 is 39.4 Å². The number of hydrogen-bond donors (Lipinski definition) is 1. The van der Waals surface area contributed by atoms with Gasteiger partial charge < -0.3 is 0 Å². The molecule has 1 aromatic carbocycles. The van der Waals surface area contributed by atoms with Crippen LogP contribution in [0.25, 0.3) is 0 Å². The second kappa shape index (κ2) is 5.75. The Labute approximate surface area is 111 Å². The number of carbonyl (C=O) groups is 1. The maximum Gasteiger partial charge on any atom is 0.271 e. The maximum atomic E-state index is 11.6. The van der Waals surface area contributed by atoms with Crippen molar-refractivity contribution < 1.29 is 4.79 Å². The SMILES string of the molecule is O=C(NN=Cc1cccs1)c1ccc(Br)cc1. The van der Waals surface area contributed by atoms with Gasteiger partial charge in [0.05, 0.1) is 6.21 Å². The number of nitrogens with zero attached hydrogens (tertiary/aromatic N) is 1. The first kappa shape index (κ1) is 12.0. The van der Waals surface area contributed by atoms with E-state index in [0.29, 0.717) is 5.56 Å². The topological polar surface area (TPSA) is 41.5 Å². The van der Waals surface area contributed by atoms with Crippen LogP contribution < -0.4 is 5.43 Å². The number of halogens is 1. The monoisotopic (exact) mass is 308 g/mol. The predicted octanol–water partition coefficient (Wildman–Crippen LogP) is 3.27. The van der Waals surface area contributed by atoms with Crippen molar-refractivity contribution in [3.63, 3.8) is 0 Å². The maximum absolute atomic E-state index is 11.6. The molecule has 0 aliphatic rings. The molecule has 5 heteroatoms. The second-order valence-corrected chi connectivity index (χ2v) is 5.12. The van der Waals surface area contributed by atoms with Gasteiger partial charge in [-0.25, -0.2) is 5.43 Å². The van der Waals surface area contributed by atoms with Crippen LogP contribution in [0.2, 0.25) is 0 Å². The van der Waals surface area contributed by atoms with E-state index in [1.54, 1.807) is 29.7 Å². The van der Waals surface area contributed by atoms with Crippen LogP contribution in [0.15, 0.2) is 51.4 Å². The number of hydrogen-bond acceptors (Lipinski definition) is 3. The van der Waals surface area contributed by atoms with Gasteiger partial charge in [-0.05, 0) is 35.7 Å². The molecular weight excluding hydrogens is 300 g/mol. The number of hydrazone groups is 1. The zero-order valence-corrected chi connectivity index (χ0v) is 11.2. The minimum absolute atomic E-state index is 0.217. The molecule has 0 spiro atoms. The molecule has 0 unspecified atom stereocenters. The van der Waals surface area contributed by atoms with Gasteiger partial charge in [-0.2, -0.15) is 5.10 Å². The van der Waals surface area contributed by atoms with Crippen LogP contribution in [0.5, 0.6) is 0 Å². The van der Waals surface area contributed by atoms with Crippen LogP contribution in [0.1, 0.15) is 15.2 Å². The van der Waals surface area contributed by atoms with E-state index in [1.807, 2.05) is 29.6 Å². The normalized spacial score (nSPS) is 10.6. The highest BCUT2D eigenvalue weighted by atomic mass is 79.9. The lowest BCUT2D eigenvalue weighted by Crippen LogP contribution is -2.17. The van der Waals surface area contributed by atoms with Gasteiger partial charge >= 0.3 is 0 Å². The number of carbonyl (C=O) groups excluding carboxylic acids is 1. The number of thiophene rings is 1. The number of nitrogens with one attached hydrogen (secondary N) is 1. The second-order valence-electron chi connectivity index (χ2n) is 3.22. The molecule has 2 aromatic rings. The van der Waals surface area contributed by atoms with Crippen LogP contribution in [-0.2, 0) is 0 Å². The predicted molar refractivity (Wildman–Crippen MR) is 73.5 cm³/mol. The average molecular weight is 309 g/mol. The molecule has 0 fully saturated rings. The first-order valence-electron chi connectivity index (χ1n) is 4.88. The summed E-state index contributed by atoms with van der Waals surface area (Å²) in [7, 11) is 0. The third-order valence-corrected chi connectivity index (χ3v) is 3.34. The van der Waals surface area contributed by atoms with Crippen LogP contribution in [-0.4, -0.2) is 12.1 Å². The summed E-state index contributed by atoms with van der Waals surface area (Å²) >= 11 is 4.88. The third kappa shape index (κ3) is 3.51. The Hall–Kier alpha value is -1.46. The third-order valence-electron chi connectivity index (χ3n) is 2.01. The van der Waals surface area contributed by atoms with Crippen LogP contribution in [0.4, 0.5) is 0 Å². The standard InChI is InChI=1S/C12H9BrN2OS/c13-10-5-3-9(4-6-10)12(16)15-14-8-11-2-1-7-17-11/h1-8H,(H,15,16). The van der Waals surface area contributed by atoms with Crippen LogP contribution in [0.3, 0.4) is 0 Å². The lowest BCUT2D eigenvalue weighted by atomic mass is 10.2. The van der Waals surface area contributed by atoms with Gasteiger partial charge in [0.25, 0.3) is 5.91 Å². The van der Waals surface area contributed by atoms with E-state index in [-0.39, 0.29) is 5.91 Å². The van der Waals surface area contributed by atoms with E-state index in [0.717, 1.165) is 9.35 Å². The zero-order valence-electron chi connectivity index (χ0n) is 8.76. The van der Waals surface area contributed by atoms with Crippen molar-refractivity contribution in [1.82, 2.24) is 5.43 Å². The summed E-state index contributed by atoms with van der Waals surface area (Å²) in [5, 5.41) is 5.84. The van der Waals surface area contributed by atoms with E-state index >= 15 is 0 Å². The Balaban J connectivity index is 1.96. The molecule has 1 N–H and O–H groups in total. The van der Waals surface area contributed by atoms with Gasteiger partial charge in [0.15, 0.2) is 0 Å². The molecule has 0 radical (unpaired) electrons. The van der Waals surface area contributed by atoms with Gasteiger partial charge in [0, 0.05) is 14.9 Å². The Morgan fingerprint density at radius 3 is 2.71 bits per heavy atom. The molecule has 0 aliphatic heterocycles. The van der Waals surface area contributed by atoms with E-state index in [2.05, 4.69) is 26.5 Å². The summed E-state index contributed by atoms with van der Waals surface area (Å²) in [6, 6.07) is 11.0. The van der Waals surface area contributed by atoms with Crippen molar-refractivity contribution in [2.75, 3.05) is 0 Å². The lowest BCUT2D eigenvalue weighted by molar-refractivity contribution is 0.0955. The molecule has 3 nitrogen and oxygen atoms in total. The highest BCUT2D eigenvalue weighted by Crippen LogP contribution is 2.10. The fourth-order valence-electron chi connectivity index (χ4n) is 1.19. The van der Waals surface area contributed by atoms with Crippen LogP contribution in [0, 0.1) is 0 Å². The Morgan fingerprint density at radius 1 is 1.29 bits per heavy atom. The molecule has 86 valence electrons. The average Bonchev–Trinajstić information content (AvgIpc) is 2.83. The molecular formula is C12H9BrN2OS. The fourth-order valence-corrected chi connectivity index (χ4v) is 2.03. The molecule has 0 bridgehead atoms. The van der Waals surface area contributed by atoms with Gasteiger partial charge in [0.2, 0.25) is 0 Å². The Bertz CT molecular complexity index is 520.